The summed E-state index contributed by atoms with van der Waals surface area (Å²) >= 11 is 0. The maximum atomic E-state index is 12.1. The largest absolute Gasteiger partial charge is 0.271 e. The molecule has 26 heavy (non-hydrogen) atoms. The zero-order valence-electron chi connectivity index (χ0n) is 15.7. The second-order valence-electron chi connectivity index (χ2n) is 6.50. The van der Waals surface area contributed by atoms with Crippen molar-refractivity contribution in [2.75, 3.05) is 0 Å². The van der Waals surface area contributed by atoms with E-state index in [1.54, 1.807) is 6.21 Å². The van der Waals surface area contributed by atoms with Crippen LogP contribution in [0.1, 0.15) is 44.0 Å². The van der Waals surface area contributed by atoms with Gasteiger partial charge in [0.05, 0.1) is 0 Å². The summed E-state index contributed by atoms with van der Waals surface area (Å²) in [5, 5.41) is 4.00. The molecule has 0 heterocycles. The van der Waals surface area contributed by atoms with Gasteiger partial charge < -0.3 is 0 Å². The van der Waals surface area contributed by atoms with Gasteiger partial charge in [-0.25, -0.2) is 5.43 Å². The van der Waals surface area contributed by atoms with Crippen LogP contribution in [-0.4, -0.2) is 12.1 Å². The van der Waals surface area contributed by atoms with Crippen molar-refractivity contribution < 1.29 is 4.79 Å². The molecule has 0 saturated heterocycles. The van der Waals surface area contributed by atoms with Crippen LogP contribution in [0, 0.1) is 0 Å². The second-order valence-corrected chi connectivity index (χ2v) is 6.50. The van der Waals surface area contributed by atoms with Crippen LogP contribution >= 0.6 is 0 Å². The molecular formula is C23H26N2O. The van der Waals surface area contributed by atoms with Gasteiger partial charge in [0.2, 0.25) is 0 Å². The lowest BCUT2D eigenvalue weighted by atomic mass is 10.0. The Morgan fingerprint density at radius 3 is 2.27 bits per heavy atom. The lowest BCUT2D eigenvalue weighted by Gasteiger charge is -2.03. The average Bonchev–Trinajstić information content (AvgIpc) is 2.65. The molecule has 134 valence electrons. The number of amides is 1. The first kappa shape index (κ1) is 19.4. The SMILES string of the molecule is CC(C)=CCC/C(C)=C/C=N/NC(=O)c1ccc(-c2ccccc2)cc1. The van der Waals surface area contributed by atoms with Crippen LogP contribution in [0.15, 0.2) is 83.0 Å². The highest BCUT2D eigenvalue weighted by atomic mass is 16.2. The summed E-state index contributed by atoms with van der Waals surface area (Å²) in [5.41, 5.74) is 7.93. The third kappa shape index (κ3) is 6.52. The molecule has 0 aliphatic carbocycles. The summed E-state index contributed by atoms with van der Waals surface area (Å²) in [6, 6.07) is 17.6. The molecule has 3 nitrogen and oxygen atoms in total. The number of carbonyl (C=O) groups excluding carboxylic acids is 1. The van der Waals surface area contributed by atoms with Crippen molar-refractivity contribution in [1.82, 2.24) is 5.43 Å². The van der Waals surface area contributed by atoms with E-state index in [9.17, 15) is 4.79 Å². The van der Waals surface area contributed by atoms with E-state index >= 15 is 0 Å². The van der Waals surface area contributed by atoms with E-state index in [0.29, 0.717) is 5.56 Å². The van der Waals surface area contributed by atoms with Gasteiger partial charge in [0.15, 0.2) is 0 Å². The van der Waals surface area contributed by atoms with E-state index in [-0.39, 0.29) is 5.91 Å². The first-order valence-electron chi connectivity index (χ1n) is 8.84. The summed E-state index contributed by atoms with van der Waals surface area (Å²) < 4.78 is 0. The summed E-state index contributed by atoms with van der Waals surface area (Å²) in [4.78, 5) is 12.1. The number of carbonyl (C=O) groups is 1. The van der Waals surface area contributed by atoms with Gasteiger partial charge in [-0.2, -0.15) is 5.10 Å². The molecular weight excluding hydrogens is 320 g/mol. The molecule has 0 radical (unpaired) electrons. The summed E-state index contributed by atoms with van der Waals surface area (Å²) in [6.07, 6.45) is 7.80. The van der Waals surface area contributed by atoms with Crippen LogP contribution in [0.3, 0.4) is 0 Å². The van der Waals surface area contributed by atoms with Crippen LogP contribution in [0.25, 0.3) is 11.1 Å². The van der Waals surface area contributed by atoms with E-state index in [2.05, 4.69) is 37.4 Å². The van der Waals surface area contributed by atoms with E-state index < -0.39 is 0 Å². The second kappa shape index (κ2) is 10.1. The molecule has 1 N–H and O–H groups in total. The minimum atomic E-state index is -0.212. The standard InChI is InChI=1S/C23H26N2O/c1-18(2)8-7-9-19(3)16-17-24-25-23(26)22-14-12-21(13-15-22)20-10-5-4-6-11-20/h4-6,8,10-17H,7,9H2,1-3H3,(H,25,26)/b19-16+,24-17+. The predicted octanol–water partition coefficient (Wildman–Crippen LogP) is 5.76. The fraction of sp³-hybridized carbons (Fsp3) is 0.217. The lowest BCUT2D eigenvalue weighted by Crippen LogP contribution is -2.17. The fourth-order valence-corrected chi connectivity index (χ4v) is 2.44. The van der Waals surface area contributed by atoms with Crippen molar-refractivity contribution in [3.05, 3.63) is 83.5 Å². The van der Waals surface area contributed by atoms with E-state index in [4.69, 9.17) is 0 Å². The first-order chi connectivity index (χ1) is 12.6. The van der Waals surface area contributed by atoms with Crippen molar-refractivity contribution in [3.8, 4) is 11.1 Å². The van der Waals surface area contributed by atoms with Gasteiger partial charge in [0.25, 0.3) is 5.91 Å². The summed E-state index contributed by atoms with van der Waals surface area (Å²) in [7, 11) is 0. The molecule has 0 aliphatic rings. The smallest absolute Gasteiger partial charge is 0.267 e. The van der Waals surface area contributed by atoms with Gasteiger partial charge in [-0.1, -0.05) is 59.7 Å². The molecule has 0 aromatic heterocycles. The highest BCUT2D eigenvalue weighted by Gasteiger charge is 2.04. The van der Waals surface area contributed by atoms with Gasteiger partial charge >= 0.3 is 0 Å². The molecule has 0 spiro atoms. The third-order valence-electron chi connectivity index (χ3n) is 3.95. The Balaban J connectivity index is 1.87. The summed E-state index contributed by atoms with van der Waals surface area (Å²) in [6.45, 7) is 6.26. The van der Waals surface area contributed by atoms with E-state index in [0.717, 1.165) is 24.0 Å². The van der Waals surface area contributed by atoms with Crippen molar-refractivity contribution >= 4 is 12.1 Å². The molecule has 2 aromatic rings. The Labute approximate surface area is 156 Å². The van der Waals surface area contributed by atoms with Crippen LogP contribution in [0.5, 0.6) is 0 Å². The van der Waals surface area contributed by atoms with Gasteiger partial charge in [-0.15, -0.1) is 0 Å². The van der Waals surface area contributed by atoms with Gasteiger partial charge in [0.1, 0.15) is 0 Å². The maximum absolute atomic E-state index is 12.1. The lowest BCUT2D eigenvalue weighted by molar-refractivity contribution is 0.0955. The Bertz CT molecular complexity index is 796. The molecule has 3 heteroatoms. The minimum absolute atomic E-state index is 0.212. The van der Waals surface area contributed by atoms with Crippen LogP contribution in [0.4, 0.5) is 0 Å². The Morgan fingerprint density at radius 2 is 1.62 bits per heavy atom. The minimum Gasteiger partial charge on any atom is -0.267 e. The van der Waals surface area contributed by atoms with Gasteiger partial charge in [0, 0.05) is 11.8 Å². The normalized spacial score (nSPS) is 11.4. The third-order valence-corrected chi connectivity index (χ3v) is 3.95. The Hall–Kier alpha value is -2.94. The van der Waals surface area contributed by atoms with Crippen molar-refractivity contribution in [2.24, 2.45) is 5.10 Å². The quantitative estimate of drug-likeness (QED) is 0.386. The van der Waals surface area contributed by atoms with Crippen molar-refractivity contribution in [1.29, 1.82) is 0 Å². The average molecular weight is 346 g/mol. The number of allylic oxidation sites excluding steroid dienone is 4. The number of hydrogen-bond acceptors (Lipinski definition) is 2. The number of nitrogens with one attached hydrogen (secondary N) is 1. The molecule has 0 saturated carbocycles. The molecule has 0 aliphatic heterocycles. The molecule has 0 bridgehead atoms. The Kier molecular flexibility index (Phi) is 7.56. The van der Waals surface area contributed by atoms with Crippen LogP contribution in [-0.2, 0) is 0 Å². The maximum Gasteiger partial charge on any atom is 0.271 e. The first-order valence-corrected chi connectivity index (χ1v) is 8.84. The zero-order chi connectivity index (χ0) is 18.8. The number of benzene rings is 2. The fourth-order valence-electron chi connectivity index (χ4n) is 2.44. The molecule has 2 rings (SSSR count). The molecule has 0 fully saturated rings. The van der Waals surface area contributed by atoms with E-state index in [1.165, 1.54) is 11.1 Å². The molecule has 0 unspecified atom stereocenters. The Morgan fingerprint density at radius 1 is 0.962 bits per heavy atom. The number of hydrogen-bond donors (Lipinski definition) is 1. The van der Waals surface area contributed by atoms with Crippen molar-refractivity contribution in [2.45, 2.75) is 33.6 Å². The topological polar surface area (TPSA) is 41.5 Å². The van der Waals surface area contributed by atoms with Gasteiger partial charge in [-0.3, -0.25) is 4.79 Å². The number of rotatable bonds is 7. The summed E-state index contributed by atoms with van der Waals surface area (Å²) in [5.74, 6) is -0.212. The van der Waals surface area contributed by atoms with Gasteiger partial charge in [-0.05, 0) is 62.9 Å². The molecule has 0 atom stereocenters. The highest BCUT2D eigenvalue weighted by molar-refractivity contribution is 5.95. The van der Waals surface area contributed by atoms with Crippen molar-refractivity contribution in [3.63, 3.8) is 0 Å². The van der Waals surface area contributed by atoms with E-state index in [1.807, 2.05) is 60.7 Å². The number of nitrogens with zero attached hydrogens (tertiary/aromatic N) is 1. The zero-order valence-corrected chi connectivity index (χ0v) is 15.7. The monoisotopic (exact) mass is 346 g/mol. The highest BCUT2D eigenvalue weighted by Crippen LogP contribution is 2.19. The van der Waals surface area contributed by atoms with Crippen LogP contribution < -0.4 is 5.43 Å². The predicted molar refractivity (Wildman–Crippen MR) is 110 cm³/mol. The molecule has 2 aromatic carbocycles. The number of hydrazone groups is 1. The van der Waals surface area contributed by atoms with Crippen LogP contribution in [0.2, 0.25) is 0 Å². The molecule has 1 amide bonds.